The summed E-state index contributed by atoms with van der Waals surface area (Å²) in [5, 5.41) is 0. The van der Waals surface area contributed by atoms with Gasteiger partial charge in [-0.15, -0.1) is 0 Å². The number of carbonyl (C=O) groups excluding carboxylic acids is 2. The number of ether oxygens (including phenoxy) is 2. The molecule has 2 fully saturated rings. The van der Waals surface area contributed by atoms with Crippen molar-refractivity contribution in [3.8, 4) is 0 Å². The lowest BCUT2D eigenvalue weighted by Gasteiger charge is -2.25. The highest BCUT2D eigenvalue weighted by Gasteiger charge is 2.63. The van der Waals surface area contributed by atoms with E-state index in [-0.39, 0.29) is 36.0 Å². The van der Waals surface area contributed by atoms with Crippen LogP contribution >= 0.6 is 11.6 Å². The van der Waals surface area contributed by atoms with Crippen molar-refractivity contribution in [2.24, 2.45) is 11.8 Å². The van der Waals surface area contributed by atoms with Gasteiger partial charge in [-0.1, -0.05) is 11.6 Å². The molecule has 6 heteroatoms. The lowest BCUT2D eigenvalue weighted by molar-refractivity contribution is -0.144. The van der Waals surface area contributed by atoms with Gasteiger partial charge in [0.25, 0.3) is 0 Å². The molecule has 1 saturated heterocycles. The highest BCUT2D eigenvalue weighted by Crippen LogP contribution is 2.51. The number of piperidine rings is 1. The summed E-state index contributed by atoms with van der Waals surface area (Å²) in [7, 11) is 0. The molecule has 1 heterocycles. The van der Waals surface area contributed by atoms with Crippen LogP contribution in [0, 0.1) is 11.8 Å². The highest BCUT2D eigenvalue weighted by molar-refractivity contribution is 6.17. The number of carbonyl (C=O) groups is 2. The third-order valence-corrected chi connectivity index (χ3v) is 3.40. The van der Waals surface area contributed by atoms with Crippen LogP contribution in [0.4, 0.5) is 4.79 Å². The average molecular weight is 276 g/mol. The van der Waals surface area contributed by atoms with Crippen molar-refractivity contribution in [1.82, 2.24) is 4.90 Å². The van der Waals surface area contributed by atoms with Crippen LogP contribution in [0.15, 0.2) is 0 Å². The topological polar surface area (TPSA) is 55.8 Å². The minimum absolute atomic E-state index is 0.0597. The first kappa shape index (κ1) is 13.5. The molecule has 0 N–H and O–H groups in total. The lowest BCUT2D eigenvalue weighted by Crippen LogP contribution is -2.38. The number of rotatable bonds is 2. The zero-order chi connectivity index (χ0) is 13.5. The Labute approximate surface area is 111 Å². The van der Waals surface area contributed by atoms with E-state index in [1.807, 2.05) is 20.8 Å². The summed E-state index contributed by atoms with van der Waals surface area (Å²) in [6, 6.07) is -0.197. The van der Waals surface area contributed by atoms with Crippen LogP contribution < -0.4 is 0 Å². The van der Waals surface area contributed by atoms with Crippen molar-refractivity contribution in [1.29, 1.82) is 0 Å². The van der Waals surface area contributed by atoms with E-state index in [0.29, 0.717) is 6.54 Å². The summed E-state index contributed by atoms with van der Waals surface area (Å²) in [4.78, 5) is 25.2. The zero-order valence-electron chi connectivity index (χ0n) is 10.8. The average Bonchev–Trinajstić information content (AvgIpc) is 2.77. The van der Waals surface area contributed by atoms with Gasteiger partial charge in [-0.3, -0.25) is 4.79 Å². The van der Waals surface area contributed by atoms with E-state index >= 15 is 0 Å². The molecule has 3 atom stereocenters. The van der Waals surface area contributed by atoms with Crippen molar-refractivity contribution < 1.29 is 19.1 Å². The van der Waals surface area contributed by atoms with Crippen LogP contribution in [0.1, 0.15) is 27.2 Å². The number of halogens is 1. The van der Waals surface area contributed by atoms with Crippen LogP contribution in [0.2, 0.25) is 0 Å². The molecule has 0 spiro atoms. The van der Waals surface area contributed by atoms with Crippen molar-refractivity contribution >= 4 is 23.7 Å². The molecule has 1 saturated carbocycles. The summed E-state index contributed by atoms with van der Waals surface area (Å²) in [6.45, 7) is 6.12. The number of nitrogens with zero attached hydrogens (tertiary/aromatic N) is 1. The zero-order valence-corrected chi connectivity index (χ0v) is 11.6. The van der Waals surface area contributed by atoms with Gasteiger partial charge < -0.3 is 14.4 Å². The number of esters is 1. The predicted molar refractivity (Wildman–Crippen MR) is 65.1 cm³/mol. The van der Waals surface area contributed by atoms with Crippen LogP contribution in [0.25, 0.3) is 0 Å². The van der Waals surface area contributed by atoms with Crippen LogP contribution in [-0.2, 0) is 14.3 Å². The fourth-order valence-corrected chi connectivity index (χ4v) is 2.67. The van der Waals surface area contributed by atoms with Gasteiger partial charge in [0.2, 0.25) is 0 Å². The lowest BCUT2D eigenvalue weighted by atomic mass is 10.2. The molecule has 2 rings (SSSR count). The number of amides is 1. The monoisotopic (exact) mass is 275 g/mol. The van der Waals surface area contributed by atoms with Crippen LogP contribution in [-0.4, -0.2) is 41.2 Å². The number of alkyl halides is 1. The van der Waals surface area contributed by atoms with Crippen molar-refractivity contribution in [3.63, 3.8) is 0 Å². The molecule has 3 unspecified atom stereocenters. The summed E-state index contributed by atoms with van der Waals surface area (Å²) < 4.78 is 10.1. The Morgan fingerprint density at radius 1 is 1.39 bits per heavy atom. The Bertz CT molecular complexity index is 366. The molecule has 1 aliphatic heterocycles. The quantitative estimate of drug-likeness (QED) is 0.571. The van der Waals surface area contributed by atoms with Gasteiger partial charge in [-0.05, 0) is 33.1 Å². The van der Waals surface area contributed by atoms with Gasteiger partial charge >= 0.3 is 12.1 Å². The first-order chi connectivity index (χ1) is 8.35. The van der Waals surface area contributed by atoms with Gasteiger partial charge in [0.05, 0.1) is 12.0 Å². The number of hydrogen-bond acceptors (Lipinski definition) is 4. The predicted octanol–water partition coefficient (Wildman–Crippen LogP) is 1.98. The van der Waals surface area contributed by atoms with Crippen LogP contribution in [0.3, 0.4) is 0 Å². The molecule has 1 aliphatic carbocycles. The van der Waals surface area contributed by atoms with E-state index in [1.165, 1.54) is 0 Å². The summed E-state index contributed by atoms with van der Waals surface area (Å²) in [5.74, 6) is -0.313. The summed E-state index contributed by atoms with van der Waals surface area (Å²) in [6.07, 6.45) is 0.475. The second kappa shape index (κ2) is 4.61. The number of fused-ring (bicyclic) bond motifs is 1. The molecule has 18 heavy (non-hydrogen) atoms. The molecular weight excluding hydrogens is 258 g/mol. The number of hydrogen-bond donors (Lipinski definition) is 0. The highest BCUT2D eigenvalue weighted by atomic mass is 35.5. The van der Waals surface area contributed by atoms with Gasteiger partial charge in [0.15, 0.2) is 6.07 Å². The van der Waals surface area contributed by atoms with E-state index < -0.39 is 5.60 Å². The van der Waals surface area contributed by atoms with Gasteiger partial charge in [-0.2, -0.15) is 0 Å². The normalized spacial score (nSPS) is 29.8. The van der Waals surface area contributed by atoms with E-state index in [2.05, 4.69) is 0 Å². The maximum Gasteiger partial charge on any atom is 0.410 e. The molecule has 2 aliphatic rings. The Hall–Kier alpha value is -0.970. The van der Waals surface area contributed by atoms with E-state index in [4.69, 9.17) is 21.1 Å². The molecule has 102 valence electrons. The van der Waals surface area contributed by atoms with E-state index in [9.17, 15) is 9.59 Å². The van der Waals surface area contributed by atoms with Crippen LogP contribution in [0.5, 0.6) is 0 Å². The van der Waals surface area contributed by atoms with Crippen molar-refractivity contribution in [2.45, 2.75) is 38.8 Å². The standard InChI is InChI=1S/C12H18ClNO4/c1-12(2,3)18-11(16)14-5-4-7-8(9(7)14)10(15)17-6-13/h7-9H,4-6H2,1-3H3. The molecular formula is C12H18ClNO4. The number of likely N-dealkylation sites (tertiary alicyclic amines) is 1. The Kier molecular flexibility index (Phi) is 3.45. The third-order valence-electron chi connectivity index (χ3n) is 3.29. The molecule has 0 aromatic carbocycles. The molecule has 0 aromatic heterocycles. The fourth-order valence-electron chi connectivity index (χ4n) is 2.57. The largest absolute Gasteiger partial charge is 0.449 e. The second-order valence-corrected chi connectivity index (χ2v) is 5.93. The molecule has 1 amide bonds. The smallest absolute Gasteiger partial charge is 0.410 e. The van der Waals surface area contributed by atoms with E-state index in [1.54, 1.807) is 4.90 Å². The first-order valence-corrected chi connectivity index (χ1v) is 6.61. The SMILES string of the molecule is CC(C)(C)OC(=O)N1CCC2C(C(=O)OCCl)C21. The van der Waals surface area contributed by atoms with Gasteiger partial charge in [0, 0.05) is 6.54 Å². The van der Waals surface area contributed by atoms with E-state index in [0.717, 1.165) is 6.42 Å². The van der Waals surface area contributed by atoms with Crippen molar-refractivity contribution in [3.05, 3.63) is 0 Å². The summed E-state index contributed by atoms with van der Waals surface area (Å²) >= 11 is 5.36. The Morgan fingerprint density at radius 2 is 2.06 bits per heavy atom. The molecule has 0 bridgehead atoms. The minimum atomic E-state index is -0.518. The maximum atomic E-state index is 11.9. The Balaban J connectivity index is 1.93. The van der Waals surface area contributed by atoms with Gasteiger partial charge in [0.1, 0.15) is 5.60 Å². The fraction of sp³-hybridized carbons (Fsp3) is 0.833. The first-order valence-electron chi connectivity index (χ1n) is 6.07. The third kappa shape index (κ3) is 2.55. The summed E-state index contributed by atoms with van der Waals surface area (Å²) in [5.41, 5.74) is -0.518. The Morgan fingerprint density at radius 3 is 2.61 bits per heavy atom. The molecule has 0 aromatic rings. The molecule has 5 nitrogen and oxygen atoms in total. The molecule has 0 radical (unpaired) electrons. The minimum Gasteiger partial charge on any atom is -0.449 e. The maximum absolute atomic E-state index is 11.9. The van der Waals surface area contributed by atoms with Gasteiger partial charge in [-0.25, -0.2) is 4.79 Å². The van der Waals surface area contributed by atoms with Crippen molar-refractivity contribution in [2.75, 3.05) is 12.6 Å². The second-order valence-electron chi connectivity index (χ2n) is 5.72.